The number of hydrogen-bond donors (Lipinski definition) is 1. The lowest BCUT2D eigenvalue weighted by atomic mass is 10.2. The summed E-state index contributed by atoms with van der Waals surface area (Å²) >= 11 is 0. The third-order valence-corrected chi connectivity index (χ3v) is 5.25. The van der Waals surface area contributed by atoms with Crippen LogP contribution in [0.4, 0.5) is 5.69 Å². The molecule has 0 saturated heterocycles. The summed E-state index contributed by atoms with van der Waals surface area (Å²) in [5.41, 5.74) is 0.941. The normalized spacial score (nSPS) is 11.2. The minimum atomic E-state index is -3.53. The van der Waals surface area contributed by atoms with E-state index in [4.69, 9.17) is 9.05 Å². The molecular weight excluding hydrogens is 313 g/mol. The maximum Gasteiger partial charge on any atom is 0.362 e. The largest absolute Gasteiger partial charge is 0.362 e. The molecule has 0 fully saturated rings. The number of para-hydroxylation sites is 1. The molecule has 0 heterocycles. The first-order valence-corrected chi connectivity index (χ1v) is 9.00. The maximum atomic E-state index is 13.0. The molecule has 6 heteroatoms. The Bertz CT molecular complexity index is 693. The van der Waals surface area contributed by atoms with Crippen LogP contribution in [0.5, 0.6) is 0 Å². The zero-order valence-corrected chi connectivity index (χ0v) is 14.1. The smallest absolute Gasteiger partial charge is 0.322 e. The first-order chi connectivity index (χ1) is 11.1. The SMILES string of the molecule is CCOP(=O)(OCC)c1ccccc1C(=O)Nc1ccccc1. The van der Waals surface area contributed by atoms with Gasteiger partial charge in [0.25, 0.3) is 5.91 Å². The molecular formula is C17H20NO4P. The van der Waals surface area contributed by atoms with Crippen molar-refractivity contribution < 1.29 is 18.4 Å². The first kappa shape index (κ1) is 17.4. The van der Waals surface area contributed by atoms with Crippen LogP contribution in [0.3, 0.4) is 0 Å². The quantitative estimate of drug-likeness (QED) is 0.782. The van der Waals surface area contributed by atoms with Gasteiger partial charge in [0, 0.05) is 5.69 Å². The van der Waals surface area contributed by atoms with Gasteiger partial charge in [-0.15, -0.1) is 0 Å². The Hall–Kier alpha value is -1.94. The third kappa shape index (κ3) is 4.29. The van der Waals surface area contributed by atoms with Crippen LogP contribution in [-0.2, 0) is 13.6 Å². The monoisotopic (exact) mass is 333 g/mol. The average molecular weight is 333 g/mol. The van der Waals surface area contributed by atoms with Crippen LogP contribution in [0.1, 0.15) is 24.2 Å². The molecule has 2 rings (SSSR count). The number of nitrogens with one attached hydrogen (secondary N) is 1. The summed E-state index contributed by atoms with van der Waals surface area (Å²) in [5, 5.41) is 3.06. The zero-order chi connectivity index (χ0) is 16.7. The summed E-state index contributed by atoms with van der Waals surface area (Å²) in [6.07, 6.45) is 0. The van der Waals surface area contributed by atoms with Gasteiger partial charge in [0.1, 0.15) is 0 Å². The van der Waals surface area contributed by atoms with Crippen molar-refractivity contribution >= 4 is 24.5 Å². The Kier molecular flexibility index (Phi) is 6.11. The Labute approximate surface area is 136 Å². The highest BCUT2D eigenvalue weighted by atomic mass is 31.2. The molecule has 0 atom stereocenters. The fourth-order valence-corrected chi connectivity index (χ4v) is 3.91. The molecule has 0 radical (unpaired) electrons. The molecule has 0 spiro atoms. The lowest BCUT2D eigenvalue weighted by Gasteiger charge is -2.19. The third-order valence-electron chi connectivity index (χ3n) is 3.07. The lowest BCUT2D eigenvalue weighted by Crippen LogP contribution is -2.23. The molecule has 0 bridgehead atoms. The van der Waals surface area contributed by atoms with E-state index in [0.29, 0.717) is 5.69 Å². The van der Waals surface area contributed by atoms with E-state index < -0.39 is 7.60 Å². The number of carbonyl (C=O) groups is 1. The Balaban J connectivity index is 2.36. The molecule has 0 aliphatic heterocycles. The van der Waals surface area contributed by atoms with Crippen molar-refractivity contribution in [2.45, 2.75) is 13.8 Å². The summed E-state index contributed by atoms with van der Waals surface area (Å²) in [5.74, 6) is -0.355. The van der Waals surface area contributed by atoms with Gasteiger partial charge in [0.2, 0.25) is 0 Å². The second kappa shape index (κ2) is 8.06. The Morgan fingerprint density at radius 3 is 2.13 bits per heavy atom. The lowest BCUT2D eigenvalue weighted by molar-refractivity contribution is 0.102. The molecule has 23 heavy (non-hydrogen) atoms. The molecule has 0 unspecified atom stereocenters. The van der Waals surface area contributed by atoms with E-state index in [9.17, 15) is 9.36 Å². The van der Waals surface area contributed by atoms with Gasteiger partial charge in [-0.2, -0.15) is 0 Å². The van der Waals surface area contributed by atoms with E-state index in [2.05, 4.69) is 5.32 Å². The van der Waals surface area contributed by atoms with Crippen LogP contribution < -0.4 is 10.6 Å². The van der Waals surface area contributed by atoms with E-state index >= 15 is 0 Å². The Morgan fingerprint density at radius 2 is 1.52 bits per heavy atom. The van der Waals surface area contributed by atoms with Crippen molar-refractivity contribution in [3.63, 3.8) is 0 Å². The molecule has 1 amide bonds. The van der Waals surface area contributed by atoms with Crippen LogP contribution >= 0.6 is 7.60 Å². The minimum absolute atomic E-state index is 0.228. The summed E-state index contributed by atoms with van der Waals surface area (Å²) in [7, 11) is -3.53. The maximum absolute atomic E-state index is 13.0. The number of anilines is 1. The van der Waals surface area contributed by atoms with Crippen molar-refractivity contribution in [1.82, 2.24) is 0 Å². The van der Waals surface area contributed by atoms with Crippen LogP contribution in [0.2, 0.25) is 0 Å². The van der Waals surface area contributed by atoms with Crippen molar-refractivity contribution in [2.75, 3.05) is 18.5 Å². The molecule has 2 aromatic carbocycles. The van der Waals surface area contributed by atoms with E-state index in [1.54, 1.807) is 50.2 Å². The van der Waals surface area contributed by atoms with Crippen molar-refractivity contribution in [2.24, 2.45) is 0 Å². The van der Waals surface area contributed by atoms with Crippen LogP contribution in [0.25, 0.3) is 0 Å². The van der Waals surface area contributed by atoms with Crippen LogP contribution in [0, 0.1) is 0 Å². The van der Waals surface area contributed by atoms with E-state index in [1.165, 1.54) is 0 Å². The Morgan fingerprint density at radius 1 is 0.957 bits per heavy atom. The number of carbonyl (C=O) groups excluding carboxylic acids is 1. The van der Waals surface area contributed by atoms with Crippen molar-refractivity contribution in [3.05, 3.63) is 60.2 Å². The fourth-order valence-electron chi connectivity index (χ4n) is 2.14. The molecule has 2 aromatic rings. The second-order valence-corrected chi connectivity index (χ2v) is 6.66. The summed E-state index contributed by atoms with van der Waals surface area (Å²) in [4.78, 5) is 12.5. The topological polar surface area (TPSA) is 64.6 Å². The number of amides is 1. The van der Waals surface area contributed by atoms with Gasteiger partial charge in [0.05, 0.1) is 24.1 Å². The van der Waals surface area contributed by atoms with Gasteiger partial charge in [-0.3, -0.25) is 9.36 Å². The van der Waals surface area contributed by atoms with Crippen molar-refractivity contribution in [3.8, 4) is 0 Å². The van der Waals surface area contributed by atoms with E-state index in [0.717, 1.165) is 0 Å². The number of benzene rings is 2. The van der Waals surface area contributed by atoms with Gasteiger partial charge in [-0.1, -0.05) is 30.3 Å². The molecule has 0 aliphatic carbocycles. The van der Waals surface area contributed by atoms with Crippen molar-refractivity contribution in [1.29, 1.82) is 0 Å². The molecule has 0 aliphatic rings. The minimum Gasteiger partial charge on any atom is -0.322 e. The van der Waals surface area contributed by atoms with Gasteiger partial charge in [-0.25, -0.2) is 0 Å². The predicted octanol–water partition coefficient (Wildman–Crippen LogP) is 3.83. The van der Waals surface area contributed by atoms with Gasteiger partial charge in [0.15, 0.2) is 0 Å². The molecule has 1 N–H and O–H groups in total. The van der Waals surface area contributed by atoms with Crippen LogP contribution in [-0.4, -0.2) is 19.1 Å². The highest BCUT2D eigenvalue weighted by Gasteiger charge is 2.31. The molecule has 0 aromatic heterocycles. The van der Waals surface area contributed by atoms with E-state index in [-0.39, 0.29) is 30.0 Å². The van der Waals surface area contributed by atoms with Gasteiger partial charge in [-0.05, 0) is 38.1 Å². The summed E-state index contributed by atoms with van der Waals surface area (Å²) in [6.45, 7) is 3.93. The van der Waals surface area contributed by atoms with Gasteiger partial charge < -0.3 is 14.4 Å². The standard InChI is InChI=1S/C17H20NO4P/c1-3-21-23(20,22-4-2)16-13-9-8-12-15(16)17(19)18-14-10-6-5-7-11-14/h5-13H,3-4H2,1-2H3,(H,18,19). The molecule has 0 saturated carbocycles. The first-order valence-electron chi connectivity index (χ1n) is 7.46. The second-order valence-electron chi connectivity index (χ2n) is 4.67. The number of rotatable bonds is 7. The summed E-state index contributed by atoms with van der Waals surface area (Å²) in [6, 6.07) is 15.7. The predicted molar refractivity (Wildman–Crippen MR) is 91.3 cm³/mol. The highest BCUT2D eigenvalue weighted by molar-refractivity contribution is 7.62. The molecule has 5 nitrogen and oxygen atoms in total. The highest BCUT2D eigenvalue weighted by Crippen LogP contribution is 2.47. The number of hydrogen-bond acceptors (Lipinski definition) is 4. The fraction of sp³-hybridized carbons (Fsp3) is 0.235. The van der Waals surface area contributed by atoms with Gasteiger partial charge >= 0.3 is 7.60 Å². The van der Waals surface area contributed by atoms with E-state index in [1.807, 2.05) is 18.2 Å². The molecule has 122 valence electrons. The summed E-state index contributed by atoms with van der Waals surface area (Å²) < 4.78 is 23.7. The zero-order valence-electron chi connectivity index (χ0n) is 13.2. The van der Waals surface area contributed by atoms with Crippen LogP contribution in [0.15, 0.2) is 54.6 Å². The average Bonchev–Trinajstić information content (AvgIpc) is 2.56.